The van der Waals surface area contributed by atoms with Gasteiger partial charge in [0.1, 0.15) is 29.3 Å². The molecule has 0 unspecified atom stereocenters. The van der Waals surface area contributed by atoms with Crippen LogP contribution in [0.15, 0.2) is 60.8 Å². The number of likely N-dealkylation sites (N-methyl/N-ethyl adjacent to an activating group) is 1. The van der Waals surface area contributed by atoms with E-state index in [0.29, 0.717) is 54.3 Å². The number of nitrogens with one attached hydrogen (secondary N) is 1. The SMILES string of the molecule is CNCC[C@H](Oc1ccc(CN2CCN(C)c3ncccc3C2=O)c(F)c1)c1ccccc1F.S. The Morgan fingerprint density at radius 3 is 2.63 bits per heavy atom. The number of ether oxygens (including phenoxy) is 1. The third-order valence-corrected chi connectivity index (χ3v) is 5.94. The summed E-state index contributed by atoms with van der Waals surface area (Å²) in [6.45, 7) is 1.78. The molecule has 0 saturated carbocycles. The smallest absolute Gasteiger partial charge is 0.257 e. The maximum atomic E-state index is 15.1. The third-order valence-electron chi connectivity index (χ3n) is 5.94. The summed E-state index contributed by atoms with van der Waals surface area (Å²) in [7, 11) is 3.69. The first-order valence-electron chi connectivity index (χ1n) is 11.3. The Labute approximate surface area is 211 Å². The molecule has 3 aromatic rings. The highest BCUT2D eigenvalue weighted by Crippen LogP contribution is 2.29. The molecule has 2 heterocycles. The molecule has 0 saturated heterocycles. The van der Waals surface area contributed by atoms with Crippen LogP contribution in [0, 0.1) is 11.6 Å². The van der Waals surface area contributed by atoms with E-state index in [1.807, 2.05) is 19.0 Å². The normalized spacial score (nSPS) is 14.1. The van der Waals surface area contributed by atoms with Crippen LogP contribution in [0.2, 0.25) is 0 Å². The largest absolute Gasteiger partial charge is 0.485 e. The van der Waals surface area contributed by atoms with E-state index in [0.717, 1.165) is 0 Å². The van der Waals surface area contributed by atoms with Crippen LogP contribution in [0.3, 0.4) is 0 Å². The Balaban J connectivity index is 0.00000342. The molecule has 0 fully saturated rings. The van der Waals surface area contributed by atoms with Gasteiger partial charge < -0.3 is 19.9 Å². The van der Waals surface area contributed by atoms with Crippen LogP contribution >= 0.6 is 13.5 Å². The Kier molecular flexibility index (Phi) is 9.06. The van der Waals surface area contributed by atoms with Crippen molar-refractivity contribution in [2.45, 2.75) is 19.1 Å². The van der Waals surface area contributed by atoms with Gasteiger partial charge in [0.05, 0.1) is 5.56 Å². The Morgan fingerprint density at radius 1 is 1.09 bits per heavy atom. The van der Waals surface area contributed by atoms with Gasteiger partial charge in [0.15, 0.2) is 0 Å². The Hall–Kier alpha value is -3.17. The van der Waals surface area contributed by atoms with Crippen molar-refractivity contribution in [1.29, 1.82) is 0 Å². The summed E-state index contributed by atoms with van der Waals surface area (Å²) in [4.78, 5) is 20.9. The van der Waals surface area contributed by atoms with Gasteiger partial charge in [-0.25, -0.2) is 13.8 Å². The molecule has 0 radical (unpaired) electrons. The second-order valence-corrected chi connectivity index (χ2v) is 8.30. The van der Waals surface area contributed by atoms with E-state index in [1.54, 1.807) is 53.6 Å². The number of carbonyl (C=O) groups is 1. The van der Waals surface area contributed by atoms with E-state index in [9.17, 15) is 9.18 Å². The van der Waals surface area contributed by atoms with Gasteiger partial charge >= 0.3 is 0 Å². The molecule has 186 valence electrons. The molecule has 35 heavy (non-hydrogen) atoms. The highest BCUT2D eigenvalue weighted by atomic mass is 32.1. The first-order valence-corrected chi connectivity index (χ1v) is 11.3. The molecule has 1 aliphatic heterocycles. The van der Waals surface area contributed by atoms with Crippen LogP contribution in [-0.4, -0.2) is 49.5 Å². The lowest BCUT2D eigenvalue weighted by molar-refractivity contribution is 0.0753. The number of pyridine rings is 1. The van der Waals surface area contributed by atoms with E-state index < -0.39 is 11.9 Å². The zero-order valence-corrected chi connectivity index (χ0v) is 20.8. The van der Waals surface area contributed by atoms with Crippen molar-refractivity contribution in [3.8, 4) is 5.75 Å². The first kappa shape index (κ1) is 26.4. The summed E-state index contributed by atoms with van der Waals surface area (Å²) in [6.07, 6.45) is 1.61. The van der Waals surface area contributed by atoms with Crippen molar-refractivity contribution < 1.29 is 18.3 Å². The van der Waals surface area contributed by atoms with Crippen LogP contribution in [0.1, 0.15) is 34.0 Å². The number of hydrogen-bond acceptors (Lipinski definition) is 5. The number of hydrogen-bond donors (Lipinski definition) is 1. The summed E-state index contributed by atoms with van der Waals surface area (Å²) in [6, 6.07) is 14.5. The fourth-order valence-corrected chi connectivity index (χ4v) is 4.06. The molecule has 1 N–H and O–H groups in total. The lowest BCUT2D eigenvalue weighted by Gasteiger charge is -2.23. The Bertz CT molecular complexity index is 1160. The minimum Gasteiger partial charge on any atom is -0.485 e. The van der Waals surface area contributed by atoms with Gasteiger partial charge in [0.2, 0.25) is 0 Å². The summed E-state index contributed by atoms with van der Waals surface area (Å²) >= 11 is 0. The van der Waals surface area contributed by atoms with Crippen molar-refractivity contribution in [3.63, 3.8) is 0 Å². The van der Waals surface area contributed by atoms with E-state index in [1.165, 1.54) is 12.1 Å². The fraction of sp³-hybridized carbons (Fsp3) is 0.308. The van der Waals surface area contributed by atoms with Gasteiger partial charge in [0.25, 0.3) is 5.91 Å². The summed E-state index contributed by atoms with van der Waals surface area (Å²) in [5, 5.41) is 3.04. The fourth-order valence-electron chi connectivity index (χ4n) is 4.06. The second kappa shape index (κ2) is 12.0. The number of rotatable bonds is 8. The Morgan fingerprint density at radius 2 is 1.89 bits per heavy atom. The van der Waals surface area contributed by atoms with Gasteiger partial charge in [-0.05, 0) is 37.9 Å². The van der Waals surface area contributed by atoms with Gasteiger partial charge in [0, 0.05) is 56.5 Å². The van der Waals surface area contributed by atoms with Crippen LogP contribution in [-0.2, 0) is 6.54 Å². The molecule has 1 aromatic heterocycles. The number of benzene rings is 2. The summed E-state index contributed by atoms with van der Waals surface area (Å²) in [5.41, 5.74) is 1.31. The van der Waals surface area contributed by atoms with E-state index in [-0.39, 0.29) is 31.8 Å². The first-order chi connectivity index (χ1) is 16.5. The topological polar surface area (TPSA) is 57.7 Å². The van der Waals surface area contributed by atoms with Crippen LogP contribution in [0.4, 0.5) is 14.6 Å². The molecule has 9 heteroatoms. The predicted octanol–water partition coefficient (Wildman–Crippen LogP) is 4.29. The average molecular weight is 501 g/mol. The predicted molar refractivity (Wildman–Crippen MR) is 137 cm³/mol. The van der Waals surface area contributed by atoms with E-state index >= 15 is 4.39 Å². The minimum absolute atomic E-state index is 0. The highest BCUT2D eigenvalue weighted by molar-refractivity contribution is 7.59. The molecule has 1 aliphatic rings. The van der Waals surface area contributed by atoms with Gasteiger partial charge in [-0.15, -0.1) is 0 Å². The minimum atomic E-state index is -0.564. The maximum Gasteiger partial charge on any atom is 0.257 e. The molecule has 6 nitrogen and oxygen atoms in total. The maximum absolute atomic E-state index is 15.1. The monoisotopic (exact) mass is 500 g/mol. The molecular formula is C26H30F2N4O2S. The van der Waals surface area contributed by atoms with E-state index in [2.05, 4.69) is 10.3 Å². The van der Waals surface area contributed by atoms with Crippen molar-refractivity contribution >= 4 is 25.2 Å². The van der Waals surface area contributed by atoms with Crippen molar-refractivity contribution in [2.75, 3.05) is 38.6 Å². The number of fused-ring (bicyclic) bond motifs is 1. The molecule has 0 aliphatic carbocycles. The average Bonchev–Trinajstić information content (AvgIpc) is 2.96. The van der Waals surface area contributed by atoms with Gasteiger partial charge in [-0.3, -0.25) is 4.79 Å². The highest BCUT2D eigenvalue weighted by Gasteiger charge is 2.26. The number of amides is 1. The lowest BCUT2D eigenvalue weighted by atomic mass is 10.1. The number of carbonyl (C=O) groups excluding carboxylic acids is 1. The standard InChI is InChI=1S/C26H28F2N4O2.H2S/c1-29-13-11-24(20-6-3-4-8-22(20)27)34-19-10-9-18(23(28)16-19)17-32-15-14-31(2)25-21(26(32)33)7-5-12-30-25;/h3-10,12,16,24,29H,11,13-15,17H2,1-2H3;1H2/t24-;/m0./s1. The van der Waals surface area contributed by atoms with Crippen LogP contribution in [0.5, 0.6) is 5.75 Å². The molecule has 4 rings (SSSR count). The third kappa shape index (κ3) is 6.10. The van der Waals surface area contributed by atoms with Crippen LogP contribution < -0.4 is 15.0 Å². The summed E-state index contributed by atoms with van der Waals surface area (Å²) in [5.74, 6) is -0.0868. The van der Waals surface area contributed by atoms with Gasteiger partial charge in [-0.2, -0.15) is 13.5 Å². The number of aromatic nitrogens is 1. The molecule has 1 atom stereocenters. The lowest BCUT2D eigenvalue weighted by Crippen LogP contribution is -2.33. The molecule has 2 aromatic carbocycles. The number of nitrogens with zero attached hydrogens (tertiary/aromatic N) is 3. The van der Waals surface area contributed by atoms with Crippen LogP contribution in [0.25, 0.3) is 0 Å². The van der Waals surface area contributed by atoms with Gasteiger partial charge in [-0.1, -0.05) is 24.3 Å². The number of halogens is 2. The number of anilines is 1. The molecule has 1 amide bonds. The molecule has 0 spiro atoms. The van der Waals surface area contributed by atoms with Crippen molar-refractivity contribution in [2.24, 2.45) is 0 Å². The second-order valence-electron chi connectivity index (χ2n) is 8.30. The van der Waals surface area contributed by atoms with Crippen molar-refractivity contribution in [3.05, 3.63) is 89.1 Å². The quantitative estimate of drug-likeness (QED) is 0.500. The summed E-state index contributed by atoms with van der Waals surface area (Å²) < 4.78 is 35.4. The van der Waals surface area contributed by atoms with Crippen molar-refractivity contribution in [1.82, 2.24) is 15.2 Å². The zero-order valence-electron chi connectivity index (χ0n) is 19.8. The van der Waals surface area contributed by atoms with E-state index in [4.69, 9.17) is 4.74 Å². The molecular weight excluding hydrogens is 470 g/mol. The zero-order chi connectivity index (χ0) is 24.1. The molecule has 0 bridgehead atoms.